The van der Waals surface area contributed by atoms with Crippen molar-refractivity contribution < 1.29 is 9.18 Å². The van der Waals surface area contributed by atoms with Gasteiger partial charge in [0, 0.05) is 11.8 Å². The van der Waals surface area contributed by atoms with Crippen molar-refractivity contribution in [3.05, 3.63) is 71.3 Å². The number of rotatable bonds is 3. The van der Waals surface area contributed by atoms with E-state index in [2.05, 4.69) is 34.3 Å². The predicted octanol–water partition coefficient (Wildman–Crippen LogP) is 4.34. The Hall–Kier alpha value is -3.66. The molecule has 2 aliphatic carbocycles. The van der Waals surface area contributed by atoms with Crippen LogP contribution in [0.4, 0.5) is 10.2 Å². The third-order valence-electron chi connectivity index (χ3n) is 7.05. The van der Waals surface area contributed by atoms with Gasteiger partial charge in [-0.05, 0) is 60.1 Å². The number of carbonyl (C=O) groups excluding carboxylic acids is 1. The Bertz CT molecular complexity index is 1250. The number of anilines is 1. The lowest BCUT2D eigenvalue weighted by Gasteiger charge is -2.36. The lowest BCUT2D eigenvalue weighted by atomic mass is 9.67. The Labute approximate surface area is 179 Å². The Kier molecular flexibility index (Phi) is 4.16. The summed E-state index contributed by atoms with van der Waals surface area (Å²) in [6, 6.07) is 13.6. The summed E-state index contributed by atoms with van der Waals surface area (Å²) in [6.07, 6.45) is 2.93. The van der Waals surface area contributed by atoms with E-state index < -0.39 is 5.41 Å². The van der Waals surface area contributed by atoms with E-state index in [1.165, 1.54) is 12.3 Å². The fourth-order valence-electron chi connectivity index (χ4n) is 5.38. The van der Waals surface area contributed by atoms with E-state index in [4.69, 9.17) is 5.26 Å². The highest BCUT2D eigenvalue weighted by molar-refractivity contribution is 6.00. The van der Waals surface area contributed by atoms with Gasteiger partial charge in [-0.1, -0.05) is 26.0 Å². The second kappa shape index (κ2) is 6.67. The molecule has 2 atom stereocenters. The highest BCUT2D eigenvalue weighted by Gasteiger charge is 2.67. The maximum atomic E-state index is 14.3. The minimum Gasteiger partial charge on any atom is -0.310 e. The van der Waals surface area contributed by atoms with E-state index in [1.807, 2.05) is 12.1 Å². The summed E-state index contributed by atoms with van der Waals surface area (Å²) in [6.45, 7) is 4.17. The number of pyridine rings is 1. The first-order valence-electron chi connectivity index (χ1n) is 10.2. The maximum absolute atomic E-state index is 14.3. The molecule has 154 valence electrons. The largest absolute Gasteiger partial charge is 0.310 e. The van der Waals surface area contributed by atoms with E-state index >= 15 is 0 Å². The van der Waals surface area contributed by atoms with E-state index in [0.29, 0.717) is 34.8 Å². The molecule has 6 nitrogen and oxygen atoms in total. The molecule has 0 radical (unpaired) electrons. The lowest BCUT2D eigenvalue weighted by molar-refractivity contribution is -0.124. The number of halogens is 1. The zero-order chi connectivity index (χ0) is 21.8. The van der Waals surface area contributed by atoms with Gasteiger partial charge in [-0.2, -0.15) is 15.5 Å². The van der Waals surface area contributed by atoms with Gasteiger partial charge >= 0.3 is 0 Å². The Morgan fingerprint density at radius 3 is 2.74 bits per heavy atom. The highest BCUT2D eigenvalue weighted by atomic mass is 19.1. The number of nitrogens with zero attached hydrogens (tertiary/aromatic N) is 4. The molecular weight excluding hydrogens is 393 g/mol. The third-order valence-corrected chi connectivity index (χ3v) is 7.05. The van der Waals surface area contributed by atoms with Gasteiger partial charge in [-0.25, -0.2) is 9.37 Å². The van der Waals surface area contributed by atoms with E-state index in [1.54, 1.807) is 30.3 Å². The molecule has 1 fully saturated rings. The SMILES string of the molecule is CC1(C)[C@@H]2CC[C@@]1(C(=O)Nc1ccc(C#N)cn1)c1nnc(-c3ccccc3F)cc12. The molecule has 1 N–H and O–H groups in total. The summed E-state index contributed by atoms with van der Waals surface area (Å²) in [7, 11) is 0. The summed E-state index contributed by atoms with van der Waals surface area (Å²) in [4.78, 5) is 17.8. The summed E-state index contributed by atoms with van der Waals surface area (Å²) in [5.74, 6) is -0.00683. The van der Waals surface area contributed by atoms with Crippen LogP contribution in [-0.2, 0) is 10.2 Å². The van der Waals surface area contributed by atoms with Crippen LogP contribution in [-0.4, -0.2) is 21.1 Å². The smallest absolute Gasteiger partial charge is 0.238 e. The second-order valence-corrected chi connectivity index (χ2v) is 8.73. The van der Waals surface area contributed by atoms with E-state index in [9.17, 15) is 9.18 Å². The minimum absolute atomic E-state index is 0.128. The average Bonchev–Trinajstić information content (AvgIpc) is 3.16. The number of nitrogens with one attached hydrogen (secondary N) is 1. The molecule has 2 heterocycles. The van der Waals surface area contributed by atoms with Crippen LogP contribution in [0.3, 0.4) is 0 Å². The molecular formula is C24H20FN5O. The first kappa shape index (κ1) is 19.3. The molecule has 0 unspecified atom stereocenters. The topological polar surface area (TPSA) is 91.6 Å². The number of hydrogen-bond donors (Lipinski definition) is 1. The van der Waals surface area contributed by atoms with Crippen LogP contribution in [0.2, 0.25) is 0 Å². The number of carbonyl (C=O) groups is 1. The molecule has 3 aromatic rings. The van der Waals surface area contributed by atoms with Crippen molar-refractivity contribution in [2.45, 2.75) is 38.0 Å². The van der Waals surface area contributed by atoms with Gasteiger partial charge in [0.25, 0.3) is 0 Å². The highest BCUT2D eigenvalue weighted by Crippen LogP contribution is 2.67. The number of hydrogen-bond acceptors (Lipinski definition) is 5. The van der Waals surface area contributed by atoms with Gasteiger partial charge in [0.05, 0.1) is 22.4 Å². The zero-order valence-electron chi connectivity index (χ0n) is 17.2. The molecule has 0 spiro atoms. The Balaban J connectivity index is 1.56. The molecule has 2 aromatic heterocycles. The molecule has 2 bridgehead atoms. The predicted molar refractivity (Wildman–Crippen MR) is 112 cm³/mol. The number of amides is 1. The van der Waals surface area contributed by atoms with Crippen molar-refractivity contribution in [2.75, 3.05) is 5.32 Å². The van der Waals surface area contributed by atoms with Gasteiger partial charge in [0.15, 0.2) is 0 Å². The molecule has 0 saturated heterocycles. The van der Waals surface area contributed by atoms with Crippen molar-refractivity contribution in [3.63, 3.8) is 0 Å². The number of benzene rings is 1. The van der Waals surface area contributed by atoms with E-state index in [0.717, 1.165) is 12.0 Å². The van der Waals surface area contributed by atoms with Crippen molar-refractivity contribution in [2.24, 2.45) is 5.41 Å². The lowest BCUT2D eigenvalue weighted by Crippen LogP contribution is -2.47. The van der Waals surface area contributed by atoms with Crippen molar-refractivity contribution in [3.8, 4) is 17.3 Å². The normalized spacial score (nSPS) is 22.6. The van der Waals surface area contributed by atoms with Crippen LogP contribution in [0.5, 0.6) is 0 Å². The van der Waals surface area contributed by atoms with Crippen LogP contribution in [0.1, 0.15) is 49.4 Å². The van der Waals surface area contributed by atoms with Crippen LogP contribution in [0.15, 0.2) is 48.7 Å². The first-order valence-corrected chi connectivity index (χ1v) is 10.2. The fraction of sp³-hybridized carbons (Fsp3) is 0.292. The molecule has 5 rings (SSSR count). The van der Waals surface area contributed by atoms with Gasteiger partial charge in [0.2, 0.25) is 5.91 Å². The molecule has 0 aliphatic heterocycles. The molecule has 1 aromatic carbocycles. The Morgan fingerprint density at radius 2 is 2.03 bits per heavy atom. The molecule has 2 aliphatic rings. The summed E-state index contributed by atoms with van der Waals surface area (Å²) in [5, 5.41) is 20.6. The van der Waals surface area contributed by atoms with Gasteiger partial charge < -0.3 is 5.32 Å². The van der Waals surface area contributed by atoms with Crippen LogP contribution in [0.25, 0.3) is 11.3 Å². The van der Waals surface area contributed by atoms with Gasteiger partial charge in [0.1, 0.15) is 17.7 Å². The average molecular weight is 413 g/mol. The molecule has 1 saturated carbocycles. The van der Waals surface area contributed by atoms with Crippen molar-refractivity contribution in [1.29, 1.82) is 5.26 Å². The minimum atomic E-state index is -0.844. The first-order chi connectivity index (χ1) is 14.9. The molecule has 7 heteroatoms. The molecule has 31 heavy (non-hydrogen) atoms. The van der Waals surface area contributed by atoms with Crippen molar-refractivity contribution >= 4 is 11.7 Å². The van der Waals surface area contributed by atoms with Gasteiger partial charge in [-0.15, -0.1) is 0 Å². The number of nitriles is 1. The quantitative estimate of drug-likeness (QED) is 0.690. The van der Waals surface area contributed by atoms with Crippen molar-refractivity contribution in [1.82, 2.24) is 15.2 Å². The third kappa shape index (κ3) is 2.61. The number of fused-ring (bicyclic) bond motifs is 5. The fourth-order valence-corrected chi connectivity index (χ4v) is 5.38. The second-order valence-electron chi connectivity index (χ2n) is 8.73. The summed E-state index contributed by atoms with van der Waals surface area (Å²) >= 11 is 0. The standard InChI is InChI=1S/C24H20FN5O/c1-23(2)17-9-10-24(23,22(31)28-20-8-7-14(12-26)13-27-20)21-16(17)11-19(29-30-21)15-5-3-4-6-18(15)25/h3-8,11,13,17H,9-10H2,1-2H3,(H,27,28,31)/t17-,24+/m1/s1. The van der Waals surface area contributed by atoms with Crippen LogP contribution in [0, 0.1) is 22.6 Å². The van der Waals surface area contributed by atoms with E-state index in [-0.39, 0.29) is 23.1 Å². The molecule has 1 amide bonds. The maximum Gasteiger partial charge on any atom is 0.238 e. The van der Waals surface area contributed by atoms with Crippen LogP contribution >= 0.6 is 0 Å². The summed E-state index contributed by atoms with van der Waals surface area (Å²) < 4.78 is 14.3. The number of aromatic nitrogens is 3. The monoisotopic (exact) mass is 413 g/mol. The Morgan fingerprint density at radius 1 is 1.23 bits per heavy atom. The summed E-state index contributed by atoms with van der Waals surface area (Å²) in [5.41, 5.74) is 1.71. The van der Waals surface area contributed by atoms with Crippen LogP contribution < -0.4 is 5.32 Å². The zero-order valence-corrected chi connectivity index (χ0v) is 17.2. The van der Waals surface area contributed by atoms with Gasteiger partial charge in [-0.3, -0.25) is 4.79 Å².